The Kier molecular flexibility index (Phi) is 2.49. The Morgan fingerprint density at radius 2 is 2.31 bits per heavy atom. The van der Waals surface area contributed by atoms with Crippen molar-refractivity contribution < 1.29 is 17.7 Å². The first kappa shape index (κ1) is 9.88. The second-order valence-corrected chi connectivity index (χ2v) is 2.97. The van der Waals surface area contributed by atoms with Gasteiger partial charge in [-0.1, -0.05) is 5.16 Å². The molecule has 0 amide bonds. The Bertz CT molecular complexity index is 289. The van der Waals surface area contributed by atoms with E-state index < -0.39 is 18.5 Å². The van der Waals surface area contributed by atoms with Gasteiger partial charge < -0.3 is 10.3 Å². The molecule has 1 aromatic rings. The number of hydrogen-bond donors (Lipinski definition) is 1. The molecule has 0 spiro atoms. The van der Waals surface area contributed by atoms with Crippen molar-refractivity contribution in [2.75, 3.05) is 12.4 Å². The molecule has 0 aliphatic heterocycles. The molecule has 13 heavy (non-hydrogen) atoms. The van der Waals surface area contributed by atoms with Gasteiger partial charge in [0.1, 0.15) is 12.1 Å². The van der Waals surface area contributed by atoms with Gasteiger partial charge in [-0.3, -0.25) is 0 Å². The maximum Gasteiger partial charge on any atom is 0.253 e. The highest BCUT2D eigenvalue weighted by Gasteiger charge is 2.41. The van der Waals surface area contributed by atoms with Crippen LogP contribution in [-0.2, 0) is 5.41 Å². The molecule has 0 aromatic carbocycles. The number of anilines is 1. The normalized spacial score (nSPS) is 16.1. The van der Waals surface area contributed by atoms with E-state index in [9.17, 15) is 13.2 Å². The summed E-state index contributed by atoms with van der Waals surface area (Å²) in [5.41, 5.74) is 3.20. The van der Waals surface area contributed by atoms with E-state index in [0.717, 1.165) is 13.0 Å². The van der Waals surface area contributed by atoms with Crippen molar-refractivity contribution in [2.24, 2.45) is 0 Å². The van der Waals surface area contributed by atoms with E-state index >= 15 is 0 Å². The summed E-state index contributed by atoms with van der Waals surface area (Å²) in [6.45, 7) is -0.170. The van der Waals surface area contributed by atoms with E-state index in [2.05, 4.69) is 9.68 Å². The van der Waals surface area contributed by atoms with Crippen LogP contribution in [-0.4, -0.2) is 18.3 Å². The van der Waals surface area contributed by atoms with Gasteiger partial charge in [0.15, 0.2) is 11.6 Å². The third kappa shape index (κ3) is 1.61. The molecule has 0 bridgehead atoms. The largest absolute Gasteiger partial charge is 0.381 e. The molecule has 1 unspecified atom stereocenters. The van der Waals surface area contributed by atoms with Crippen LogP contribution < -0.4 is 5.73 Å². The number of alkyl halides is 3. The maximum atomic E-state index is 12.4. The number of nitrogens with two attached hydrogens (primary N) is 1. The van der Waals surface area contributed by atoms with Gasteiger partial charge in [-0.15, -0.1) is 0 Å². The van der Waals surface area contributed by atoms with Crippen molar-refractivity contribution in [3.63, 3.8) is 0 Å². The van der Waals surface area contributed by atoms with E-state index in [0.29, 0.717) is 0 Å². The third-order valence-electron chi connectivity index (χ3n) is 1.85. The van der Waals surface area contributed by atoms with Crippen molar-refractivity contribution >= 4 is 5.82 Å². The van der Waals surface area contributed by atoms with E-state index in [1.807, 2.05) is 0 Å². The minimum Gasteiger partial charge on any atom is -0.381 e. The van der Waals surface area contributed by atoms with Gasteiger partial charge in [0.2, 0.25) is 0 Å². The number of rotatable bonds is 3. The molecule has 1 heterocycles. The van der Waals surface area contributed by atoms with Crippen LogP contribution in [0.4, 0.5) is 19.0 Å². The van der Waals surface area contributed by atoms with Crippen LogP contribution >= 0.6 is 0 Å². The van der Waals surface area contributed by atoms with Crippen LogP contribution in [0.1, 0.15) is 12.7 Å². The van der Waals surface area contributed by atoms with Gasteiger partial charge in [-0.05, 0) is 6.92 Å². The van der Waals surface area contributed by atoms with Crippen LogP contribution in [0.15, 0.2) is 10.6 Å². The van der Waals surface area contributed by atoms with Crippen LogP contribution in [0.25, 0.3) is 0 Å². The Morgan fingerprint density at radius 3 is 2.62 bits per heavy atom. The Morgan fingerprint density at radius 1 is 1.69 bits per heavy atom. The summed E-state index contributed by atoms with van der Waals surface area (Å²) in [5, 5.41) is 3.22. The van der Waals surface area contributed by atoms with Gasteiger partial charge in [0, 0.05) is 6.07 Å². The van der Waals surface area contributed by atoms with Crippen molar-refractivity contribution in [1.82, 2.24) is 5.16 Å². The monoisotopic (exact) mass is 194 g/mol. The fourth-order valence-corrected chi connectivity index (χ4v) is 0.790. The van der Waals surface area contributed by atoms with Gasteiger partial charge >= 0.3 is 0 Å². The first-order chi connectivity index (χ1) is 6.00. The molecule has 1 atom stereocenters. The molecule has 0 saturated heterocycles. The highest BCUT2D eigenvalue weighted by atomic mass is 19.3. The van der Waals surface area contributed by atoms with Crippen LogP contribution in [0, 0.1) is 0 Å². The SMILES string of the molecule is CC(CF)(c1cc(N)no1)C(F)F. The van der Waals surface area contributed by atoms with E-state index in [1.54, 1.807) is 0 Å². The summed E-state index contributed by atoms with van der Waals surface area (Å²) in [6, 6.07) is 1.10. The predicted octanol–water partition coefficient (Wildman–Crippen LogP) is 1.75. The fraction of sp³-hybridized carbons (Fsp3) is 0.571. The molecule has 0 fully saturated rings. The molecular weight excluding hydrogens is 185 g/mol. The highest BCUT2D eigenvalue weighted by Crippen LogP contribution is 2.32. The topological polar surface area (TPSA) is 52.0 Å². The highest BCUT2D eigenvalue weighted by molar-refractivity contribution is 5.30. The van der Waals surface area contributed by atoms with Crippen LogP contribution in [0.5, 0.6) is 0 Å². The second-order valence-electron chi connectivity index (χ2n) is 2.97. The second kappa shape index (κ2) is 3.27. The lowest BCUT2D eigenvalue weighted by atomic mass is 9.90. The molecule has 6 heteroatoms. The number of hydrogen-bond acceptors (Lipinski definition) is 3. The predicted molar refractivity (Wildman–Crippen MR) is 40.2 cm³/mol. The summed E-state index contributed by atoms with van der Waals surface area (Å²) < 4.78 is 41.7. The van der Waals surface area contributed by atoms with Gasteiger partial charge in [0.25, 0.3) is 6.43 Å². The lowest BCUT2D eigenvalue weighted by molar-refractivity contribution is 0.0282. The van der Waals surface area contributed by atoms with Gasteiger partial charge in [-0.2, -0.15) is 0 Å². The molecule has 2 N–H and O–H groups in total. The van der Waals surface area contributed by atoms with Crippen molar-refractivity contribution in [1.29, 1.82) is 0 Å². The van der Waals surface area contributed by atoms with Gasteiger partial charge in [-0.25, -0.2) is 13.2 Å². The Balaban J connectivity index is 3.02. The minimum atomic E-state index is -2.86. The molecule has 74 valence electrons. The average Bonchev–Trinajstić information content (AvgIpc) is 2.50. The number of nitrogens with zero attached hydrogens (tertiary/aromatic N) is 1. The average molecular weight is 194 g/mol. The van der Waals surface area contributed by atoms with Crippen molar-refractivity contribution in [3.8, 4) is 0 Å². The number of halogens is 3. The quantitative estimate of drug-likeness (QED) is 0.797. The standard InChI is InChI=1S/C7H9F3N2O/c1-7(3-8,6(9)10)4-2-5(11)12-13-4/h2,6H,3H2,1H3,(H2,11,12). The molecule has 3 nitrogen and oxygen atoms in total. The summed E-state index contributed by atoms with van der Waals surface area (Å²) in [6.07, 6.45) is -2.86. The lowest BCUT2D eigenvalue weighted by Gasteiger charge is -2.21. The van der Waals surface area contributed by atoms with Crippen molar-refractivity contribution in [3.05, 3.63) is 11.8 Å². The smallest absolute Gasteiger partial charge is 0.253 e. The van der Waals surface area contributed by atoms with E-state index in [-0.39, 0.29) is 11.6 Å². The first-order valence-corrected chi connectivity index (χ1v) is 3.57. The molecule has 0 saturated carbocycles. The number of aromatic nitrogens is 1. The van der Waals surface area contributed by atoms with E-state index in [4.69, 9.17) is 5.73 Å². The number of nitrogen functional groups attached to an aromatic ring is 1. The summed E-state index contributed by atoms with van der Waals surface area (Å²) in [5.74, 6) is -0.266. The molecule has 1 aromatic heterocycles. The van der Waals surface area contributed by atoms with Gasteiger partial charge in [0.05, 0.1) is 0 Å². The third-order valence-corrected chi connectivity index (χ3v) is 1.85. The zero-order valence-electron chi connectivity index (χ0n) is 6.93. The first-order valence-electron chi connectivity index (χ1n) is 3.57. The summed E-state index contributed by atoms with van der Waals surface area (Å²) in [7, 11) is 0. The molecule has 1 rings (SSSR count). The van der Waals surface area contributed by atoms with E-state index in [1.165, 1.54) is 0 Å². The van der Waals surface area contributed by atoms with Crippen LogP contribution in [0.2, 0.25) is 0 Å². The van der Waals surface area contributed by atoms with Crippen LogP contribution in [0.3, 0.4) is 0 Å². The Hall–Kier alpha value is -1.20. The zero-order chi connectivity index (χ0) is 10.1. The summed E-state index contributed by atoms with van der Waals surface area (Å²) in [4.78, 5) is 0. The molecular formula is C7H9F3N2O. The molecule has 0 aliphatic carbocycles. The molecule has 0 radical (unpaired) electrons. The fourth-order valence-electron chi connectivity index (χ4n) is 0.790. The maximum absolute atomic E-state index is 12.4. The Labute approximate surface area is 72.7 Å². The molecule has 0 aliphatic rings. The van der Waals surface area contributed by atoms with Crippen molar-refractivity contribution in [2.45, 2.75) is 18.8 Å². The summed E-state index contributed by atoms with van der Waals surface area (Å²) >= 11 is 0. The lowest BCUT2D eigenvalue weighted by Crippen LogP contribution is -2.32. The zero-order valence-corrected chi connectivity index (χ0v) is 6.93. The minimum absolute atomic E-state index is 0.0321.